The number of likely N-dealkylation sites (tertiary alicyclic amines) is 1. The number of piperidine rings is 1. The average molecular weight is 343 g/mol. The van der Waals surface area contributed by atoms with Crippen LogP contribution in [0.1, 0.15) is 37.3 Å². The predicted octanol–water partition coefficient (Wildman–Crippen LogP) is 1.93. The molecule has 4 heterocycles. The Hall–Kier alpha value is -1.15. The van der Waals surface area contributed by atoms with E-state index < -0.39 is 12.0 Å². The Balaban J connectivity index is 1.39. The van der Waals surface area contributed by atoms with Crippen LogP contribution in [0.25, 0.3) is 0 Å². The van der Waals surface area contributed by atoms with Gasteiger partial charge in [0, 0.05) is 19.5 Å². The van der Waals surface area contributed by atoms with Crippen molar-refractivity contribution in [2.75, 3.05) is 32.7 Å². The molecular weight excluding hydrogens is 319 g/mol. The first-order valence-electron chi connectivity index (χ1n) is 8.88. The van der Waals surface area contributed by atoms with E-state index >= 15 is 0 Å². The summed E-state index contributed by atoms with van der Waals surface area (Å²) in [5.41, 5.74) is 0.121. The molecule has 5 nitrogen and oxygen atoms in total. The highest BCUT2D eigenvalue weighted by molar-refractivity contribution is 5.07. The molecule has 24 heavy (non-hydrogen) atoms. The zero-order valence-corrected chi connectivity index (χ0v) is 13.8. The number of nitrogens with zero attached hydrogens (tertiary/aromatic N) is 4. The van der Waals surface area contributed by atoms with Gasteiger partial charge in [-0.2, -0.15) is 13.2 Å². The first-order valence-corrected chi connectivity index (χ1v) is 8.88. The molecule has 1 spiro atoms. The number of alkyl halides is 3. The van der Waals surface area contributed by atoms with Gasteiger partial charge in [0.2, 0.25) is 5.82 Å². The molecule has 0 amide bonds. The third-order valence-corrected chi connectivity index (χ3v) is 6.08. The maximum atomic E-state index is 13.0. The van der Waals surface area contributed by atoms with E-state index in [1.165, 1.54) is 11.0 Å². The number of fused-ring (bicyclic) bond motifs is 1. The number of nitrogens with one attached hydrogen (secondary N) is 1. The molecule has 0 saturated carbocycles. The van der Waals surface area contributed by atoms with E-state index in [0.29, 0.717) is 18.8 Å². The second-order valence-electron chi connectivity index (χ2n) is 7.68. The molecule has 3 aliphatic rings. The number of hydrogen-bond donors (Lipinski definition) is 1. The van der Waals surface area contributed by atoms with Crippen LogP contribution in [0.2, 0.25) is 0 Å². The summed E-state index contributed by atoms with van der Waals surface area (Å²) in [5, 5.41) is 10.7. The molecule has 4 rings (SSSR count). The second kappa shape index (κ2) is 5.98. The first kappa shape index (κ1) is 16.3. The van der Waals surface area contributed by atoms with E-state index in [-0.39, 0.29) is 5.41 Å². The number of rotatable bonds is 2. The molecule has 1 N–H and O–H groups in total. The SMILES string of the molecule is FC(F)(F)c1nnc2n1CCC1(CCN(C[C@@H]3CCNC3)CC1)C2. The van der Waals surface area contributed by atoms with E-state index in [4.69, 9.17) is 0 Å². The fourth-order valence-electron chi connectivity index (χ4n) is 4.56. The molecule has 1 aromatic rings. The number of halogens is 3. The molecule has 1 atom stereocenters. The highest BCUT2D eigenvalue weighted by Gasteiger charge is 2.44. The minimum absolute atomic E-state index is 0.121. The zero-order valence-electron chi connectivity index (χ0n) is 13.8. The van der Waals surface area contributed by atoms with Crippen molar-refractivity contribution in [2.24, 2.45) is 11.3 Å². The van der Waals surface area contributed by atoms with E-state index in [1.54, 1.807) is 0 Å². The summed E-state index contributed by atoms with van der Waals surface area (Å²) in [4.78, 5) is 2.53. The minimum atomic E-state index is -4.41. The lowest BCUT2D eigenvalue weighted by atomic mass is 9.71. The van der Waals surface area contributed by atoms with Gasteiger partial charge in [-0.05, 0) is 63.2 Å². The zero-order chi connectivity index (χ0) is 16.8. The lowest BCUT2D eigenvalue weighted by Crippen LogP contribution is -2.45. The Labute approximate surface area is 139 Å². The van der Waals surface area contributed by atoms with Gasteiger partial charge in [-0.25, -0.2) is 0 Å². The van der Waals surface area contributed by atoms with Crippen LogP contribution in [0.5, 0.6) is 0 Å². The molecule has 3 aliphatic heterocycles. The van der Waals surface area contributed by atoms with Crippen LogP contribution >= 0.6 is 0 Å². The summed E-state index contributed by atoms with van der Waals surface area (Å²) >= 11 is 0. The van der Waals surface area contributed by atoms with Gasteiger partial charge in [0.05, 0.1) is 0 Å². The Bertz CT molecular complexity index is 583. The van der Waals surface area contributed by atoms with Crippen molar-refractivity contribution < 1.29 is 13.2 Å². The van der Waals surface area contributed by atoms with Crippen molar-refractivity contribution in [1.29, 1.82) is 0 Å². The third kappa shape index (κ3) is 3.06. The highest BCUT2D eigenvalue weighted by Crippen LogP contribution is 2.43. The van der Waals surface area contributed by atoms with E-state index in [9.17, 15) is 13.2 Å². The second-order valence-corrected chi connectivity index (χ2v) is 7.68. The predicted molar refractivity (Wildman–Crippen MR) is 82.4 cm³/mol. The van der Waals surface area contributed by atoms with Gasteiger partial charge in [0.15, 0.2) is 0 Å². The highest BCUT2D eigenvalue weighted by atomic mass is 19.4. The fraction of sp³-hybridized carbons (Fsp3) is 0.875. The topological polar surface area (TPSA) is 46.0 Å². The number of hydrogen-bond acceptors (Lipinski definition) is 4. The van der Waals surface area contributed by atoms with Crippen LogP contribution in [0.3, 0.4) is 0 Å². The van der Waals surface area contributed by atoms with Crippen LogP contribution in [-0.2, 0) is 19.1 Å². The summed E-state index contributed by atoms with van der Waals surface area (Å²) < 4.78 is 40.1. The smallest absolute Gasteiger partial charge is 0.316 e. The van der Waals surface area contributed by atoms with Gasteiger partial charge in [-0.3, -0.25) is 0 Å². The van der Waals surface area contributed by atoms with Crippen molar-refractivity contribution >= 4 is 0 Å². The van der Waals surface area contributed by atoms with E-state index in [2.05, 4.69) is 20.4 Å². The molecule has 8 heteroatoms. The lowest BCUT2D eigenvalue weighted by molar-refractivity contribution is -0.148. The van der Waals surface area contributed by atoms with Gasteiger partial charge in [-0.1, -0.05) is 0 Å². The summed E-state index contributed by atoms with van der Waals surface area (Å²) in [5.74, 6) is 0.434. The molecule has 0 aromatic carbocycles. The summed E-state index contributed by atoms with van der Waals surface area (Å²) in [6.45, 7) is 5.89. The minimum Gasteiger partial charge on any atom is -0.316 e. The van der Waals surface area contributed by atoms with Crippen molar-refractivity contribution in [3.05, 3.63) is 11.6 Å². The van der Waals surface area contributed by atoms with Gasteiger partial charge in [-0.15, -0.1) is 10.2 Å². The molecule has 0 aliphatic carbocycles. The summed E-state index contributed by atoms with van der Waals surface area (Å²) in [6, 6.07) is 0. The Morgan fingerprint density at radius 2 is 1.88 bits per heavy atom. The normalized spacial score (nSPS) is 27.5. The van der Waals surface area contributed by atoms with Crippen molar-refractivity contribution in [3.63, 3.8) is 0 Å². The first-order chi connectivity index (χ1) is 11.5. The largest absolute Gasteiger partial charge is 0.451 e. The Kier molecular flexibility index (Phi) is 4.07. The molecule has 2 saturated heterocycles. The lowest BCUT2D eigenvalue weighted by Gasteiger charge is -2.44. The maximum absolute atomic E-state index is 13.0. The Morgan fingerprint density at radius 3 is 2.54 bits per heavy atom. The molecule has 0 bridgehead atoms. The van der Waals surface area contributed by atoms with Crippen LogP contribution in [0.4, 0.5) is 13.2 Å². The maximum Gasteiger partial charge on any atom is 0.451 e. The van der Waals surface area contributed by atoms with Gasteiger partial charge >= 0.3 is 6.18 Å². The third-order valence-electron chi connectivity index (χ3n) is 6.08. The standard InChI is InChI=1S/C16H24F3N5/c17-16(18,19)14-22-21-13-9-15(4-8-24(13)14)2-6-23(7-3-15)11-12-1-5-20-10-12/h12,20H,1-11H2/t12-/m1/s1. The van der Waals surface area contributed by atoms with Crippen molar-refractivity contribution in [1.82, 2.24) is 25.0 Å². The molecule has 0 unspecified atom stereocenters. The van der Waals surface area contributed by atoms with Gasteiger partial charge < -0.3 is 14.8 Å². The van der Waals surface area contributed by atoms with Crippen LogP contribution < -0.4 is 5.32 Å². The van der Waals surface area contributed by atoms with Gasteiger partial charge in [0.1, 0.15) is 5.82 Å². The molecule has 134 valence electrons. The van der Waals surface area contributed by atoms with Crippen molar-refractivity contribution in [3.8, 4) is 0 Å². The molecule has 2 fully saturated rings. The average Bonchev–Trinajstić information content (AvgIpc) is 3.18. The molecular formula is C16H24F3N5. The van der Waals surface area contributed by atoms with Crippen LogP contribution in [0, 0.1) is 11.3 Å². The van der Waals surface area contributed by atoms with Crippen molar-refractivity contribution in [2.45, 2.75) is 44.8 Å². The van der Waals surface area contributed by atoms with Gasteiger partial charge in [0.25, 0.3) is 0 Å². The Morgan fingerprint density at radius 1 is 1.12 bits per heavy atom. The monoisotopic (exact) mass is 343 g/mol. The molecule has 1 aromatic heterocycles. The van der Waals surface area contributed by atoms with Crippen LogP contribution in [0.15, 0.2) is 0 Å². The van der Waals surface area contributed by atoms with E-state index in [1.807, 2.05) is 0 Å². The number of aromatic nitrogens is 3. The molecule has 0 radical (unpaired) electrons. The van der Waals surface area contributed by atoms with E-state index in [0.717, 1.165) is 57.9 Å². The van der Waals surface area contributed by atoms with Crippen LogP contribution in [-0.4, -0.2) is 52.4 Å². The summed E-state index contributed by atoms with van der Waals surface area (Å²) in [6.07, 6.45) is 0.400. The summed E-state index contributed by atoms with van der Waals surface area (Å²) in [7, 11) is 0. The fourth-order valence-corrected chi connectivity index (χ4v) is 4.56. The quantitative estimate of drug-likeness (QED) is 0.891.